The van der Waals surface area contributed by atoms with Crippen LogP contribution in [0, 0.1) is 18.8 Å². The SMILES string of the molecule is C=C(C)c1c(Cl)cccc1CC.C=C(c1cccc(C)c1)N1CCC(CCC(C)CC)CC1.CC.CCCC. The Balaban J connectivity index is 0.000000676. The van der Waals surface area contributed by atoms with Crippen LogP contribution in [0.1, 0.15) is 123 Å². The van der Waals surface area contributed by atoms with Crippen molar-refractivity contribution < 1.29 is 0 Å². The zero-order chi connectivity index (χ0) is 29.8. The maximum absolute atomic E-state index is 6.04. The first kappa shape index (κ1) is 37.0. The van der Waals surface area contributed by atoms with Gasteiger partial charge in [0.15, 0.2) is 0 Å². The van der Waals surface area contributed by atoms with Gasteiger partial charge in [0, 0.05) is 23.8 Å². The van der Waals surface area contributed by atoms with Crippen molar-refractivity contribution in [3.8, 4) is 0 Å². The van der Waals surface area contributed by atoms with E-state index in [1.165, 1.54) is 80.4 Å². The number of benzene rings is 2. The van der Waals surface area contributed by atoms with Gasteiger partial charge in [-0.25, -0.2) is 0 Å². The second-order valence-corrected chi connectivity index (χ2v) is 11.2. The van der Waals surface area contributed by atoms with Gasteiger partial charge in [0.2, 0.25) is 0 Å². The lowest BCUT2D eigenvalue weighted by molar-refractivity contribution is 0.235. The minimum Gasteiger partial charge on any atom is -0.372 e. The molecule has 1 unspecified atom stereocenters. The molecule has 220 valence electrons. The number of nitrogens with zero attached hydrogens (tertiary/aromatic N) is 1. The molecule has 1 fully saturated rings. The average Bonchev–Trinajstić information content (AvgIpc) is 2.96. The Labute approximate surface area is 248 Å². The van der Waals surface area contributed by atoms with Crippen molar-refractivity contribution in [2.24, 2.45) is 11.8 Å². The fraction of sp³-hybridized carbons (Fsp3) is 0.568. The maximum Gasteiger partial charge on any atom is 0.0483 e. The van der Waals surface area contributed by atoms with Gasteiger partial charge in [0.05, 0.1) is 0 Å². The molecule has 1 atom stereocenters. The summed E-state index contributed by atoms with van der Waals surface area (Å²) in [7, 11) is 0. The summed E-state index contributed by atoms with van der Waals surface area (Å²) in [6.45, 7) is 29.9. The van der Waals surface area contributed by atoms with Crippen LogP contribution < -0.4 is 0 Å². The summed E-state index contributed by atoms with van der Waals surface area (Å²) >= 11 is 6.04. The number of unbranched alkanes of at least 4 members (excludes halogenated alkanes) is 1. The van der Waals surface area contributed by atoms with E-state index in [-0.39, 0.29) is 0 Å². The van der Waals surface area contributed by atoms with Crippen LogP contribution in [0.15, 0.2) is 55.6 Å². The summed E-state index contributed by atoms with van der Waals surface area (Å²) in [5.74, 6) is 1.82. The highest BCUT2D eigenvalue weighted by atomic mass is 35.5. The lowest BCUT2D eigenvalue weighted by atomic mass is 9.88. The van der Waals surface area contributed by atoms with Gasteiger partial charge >= 0.3 is 0 Å². The molecular formula is C37H60ClN. The zero-order valence-corrected chi connectivity index (χ0v) is 27.8. The number of hydrogen-bond donors (Lipinski definition) is 0. The molecule has 0 aliphatic carbocycles. The highest BCUT2D eigenvalue weighted by Crippen LogP contribution is 2.29. The minimum absolute atomic E-state index is 0.807. The molecule has 2 heteroatoms. The number of allylic oxidation sites excluding steroid dienone is 1. The van der Waals surface area contributed by atoms with Gasteiger partial charge in [-0.05, 0) is 79.3 Å². The van der Waals surface area contributed by atoms with Gasteiger partial charge in [0.1, 0.15) is 0 Å². The fourth-order valence-electron chi connectivity index (χ4n) is 4.56. The van der Waals surface area contributed by atoms with Gasteiger partial charge in [-0.2, -0.15) is 0 Å². The van der Waals surface area contributed by atoms with Crippen LogP contribution >= 0.6 is 11.6 Å². The first-order valence-corrected chi connectivity index (χ1v) is 16.0. The fourth-order valence-corrected chi connectivity index (χ4v) is 4.92. The number of likely N-dealkylation sites (tertiary alicyclic amines) is 1. The molecule has 2 aromatic rings. The van der Waals surface area contributed by atoms with E-state index in [9.17, 15) is 0 Å². The summed E-state index contributed by atoms with van der Waals surface area (Å²) in [5.41, 5.74) is 7.23. The molecule has 2 aromatic carbocycles. The Kier molecular flexibility index (Phi) is 20.7. The molecule has 1 nitrogen and oxygen atoms in total. The smallest absolute Gasteiger partial charge is 0.0483 e. The van der Waals surface area contributed by atoms with Gasteiger partial charge in [-0.1, -0.05) is 141 Å². The first-order valence-electron chi connectivity index (χ1n) is 15.6. The zero-order valence-electron chi connectivity index (χ0n) is 27.0. The quantitative estimate of drug-likeness (QED) is 0.298. The largest absolute Gasteiger partial charge is 0.372 e. The van der Waals surface area contributed by atoms with E-state index in [1.54, 1.807) is 0 Å². The van der Waals surface area contributed by atoms with Crippen LogP contribution in [0.25, 0.3) is 11.3 Å². The number of piperidine rings is 1. The monoisotopic (exact) mass is 553 g/mol. The van der Waals surface area contributed by atoms with E-state index in [0.717, 1.165) is 34.4 Å². The summed E-state index contributed by atoms with van der Waals surface area (Å²) in [5, 5.41) is 0.807. The van der Waals surface area contributed by atoms with Crippen molar-refractivity contribution >= 4 is 22.9 Å². The molecule has 39 heavy (non-hydrogen) atoms. The lowest BCUT2D eigenvalue weighted by Gasteiger charge is -2.35. The molecule has 0 bridgehead atoms. The first-order chi connectivity index (χ1) is 18.7. The van der Waals surface area contributed by atoms with Crippen LogP contribution in [0.3, 0.4) is 0 Å². The molecule has 0 spiro atoms. The van der Waals surface area contributed by atoms with E-state index < -0.39 is 0 Å². The van der Waals surface area contributed by atoms with Crippen LogP contribution in [-0.2, 0) is 6.42 Å². The molecule has 0 aromatic heterocycles. The van der Waals surface area contributed by atoms with E-state index in [2.05, 4.69) is 89.9 Å². The Morgan fingerprint density at radius 1 is 0.974 bits per heavy atom. The molecule has 1 aliphatic heterocycles. The Morgan fingerprint density at radius 2 is 1.56 bits per heavy atom. The van der Waals surface area contributed by atoms with Gasteiger partial charge in [-0.3, -0.25) is 0 Å². The predicted molar refractivity (Wildman–Crippen MR) is 181 cm³/mol. The Morgan fingerprint density at radius 3 is 2.03 bits per heavy atom. The summed E-state index contributed by atoms with van der Waals surface area (Å²) in [6, 6.07) is 14.7. The van der Waals surface area contributed by atoms with E-state index in [1.807, 2.05) is 32.9 Å². The van der Waals surface area contributed by atoms with Crippen molar-refractivity contribution in [1.82, 2.24) is 4.90 Å². The third kappa shape index (κ3) is 14.3. The number of rotatable bonds is 9. The second-order valence-electron chi connectivity index (χ2n) is 10.7. The van der Waals surface area contributed by atoms with Crippen molar-refractivity contribution in [2.45, 2.75) is 114 Å². The number of halogens is 1. The van der Waals surface area contributed by atoms with E-state index in [0.29, 0.717) is 0 Å². The molecule has 0 amide bonds. The highest BCUT2D eigenvalue weighted by molar-refractivity contribution is 6.32. The molecule has 0 saturated carbocycles. The number of hydrogen-bond acceptors (Lipinski definition) is 1. The Bertz CT molecular complexity index is 934. The van der Waals surface area contributed by atoms with Crippen LogP contribution in [0.4, 0.5) is 0 Å². The third-order valence-electron chi connectivity index (χ3n) is 7.52. The van der Waals surface area contributed by atoms with Crippen molar-refractivity contribution in [3.05, 3.63) is 82.9 Å². The lowest BCUT2D eigenvalue weighted by Crippen LogP contribution is -2.32. The van der Waals surface area contributed by atoms with Crippen molar-refractivity contribution in [1.29, 1.82) is 0 Å². The normalized spacial score (nSPS) is 13.5. The van der Waals surface area contributed by atoms with Crippen LogP contribution in [-0.4, -0.2) is 18.0 Å². The third-order valence-corrected chi connectivity index (χ3v) is 7.83. The molecule has 0 radical (unpaired) electrons. The summed E-state index contributed by atoms with van der Waals surface area (Å²) < 4.78 is 0. The summed E-state index contributed by atoms with van der Waals surface area (Å²) in [4.78, 5) is 2.48. The molecule has 1 heterocycles. The van der Waals surface area contributed by atoms with Crippen molar-refractivity contribution in [3.63, 3.8) is 0 Å². The van der Waals surface area contributed by atoms with Gasteiger partial charge < -0.3 is 4.90 Å². The van der Waals surface area contributed by atoms with Gasteiger partial charge in [0.25, 0.3) is 0 Å². The summed E-state index contributed by atoms with van der Waals surface area (Å²) in [6.07, 6.45) is 10.5. The molecule has 1 aliphatic rings. The van der Waals surface area contributed by atoms with Gasteiger partial charge in [-0.15, -0.1) is 0 Å². The van der Waals surface area contributed by atoms with E-state index >= 15 is 0 Å². The maximum atomic E-state index is 6.04. The molecule has 3 rings (SSSR count). The Hall–Kier alpha value is -1.99. The average molecular weight is 554 g/mol. The van der Waals surface area contributed by atoms with E-state index in [4.69, 9.17) is 11.6 Å². The molecule has 1 saturated heterocycles. The molecule has 0 N–H and O–H groups in total. The van der Waals surface area contributed by atoms with Crippen LogP contribution in [0.5, 0.6) is 0 Å². The topological polar surface area (TPSA) is 3.24 Å². The second kappa shape index (κ2) is 21.8. The highest BCUT2D eigenvalue weighted by Gasteiger charge is 2.21. The molecular weight excluding hydrogens is 494 g/mol. The van der Waals surface area contributed by atoms with Crippen molar-refractivity contribution in [2.75, 3.05) is 13.1 Å². The predicted octanol–water partition coefficient (Wildman–Crippen LogP) is 12.3. The van der Waals surface area contributed by atoms with Crippen LogP contribution in [0.2, 0.25) is 5.02 Å². The standard InChI is InChI=1S/C20H31N.C11H13Cl.C4H10.C2H6/c1-5-16(2)9-10-19-11-13-21(14-12-19)18(4)20-8-6-7-17(3)15-20;1-4-9-6-5-7-10(12)11(9)8(2)3;1-3-4-2;1-2/h6-8,15-16,19H,4-5,9-14H2,1-3H3;5-7H,2,4H2,1,3H3;3-4H2,1-2H3;1-2H3. The number of aryl methyl sites for hydroxylation is 2. The minimum atomic E-state index is 0.807.